The standard InChI is InChI=1S/2C7H7N2O2.2BrH.2Pd/c2*8-5-6-2-1-3-7(4-6)9(10)11;;;;/h2*2-4H,5,8H2;2*1H;;/q2*-1;;;2*+2/p-2. The van der Waals surface area contributed by atoms with E-state index in [0.29, 0.717) is 13.1 Å². The van der Waals surface area contributed by atoms with E-state index in [-0.39, 0.29) is 11.4 Å². The molecule has 0 heterocycles. The molecule has 0 spiro atoms. The van der Waals surface area contributed by atoms with Gasteiger partial charge in [0.1, 0.15) is 0 Å². The predicted molar refractivity (Wildman–Crippen MR) is 97.5 cm³/mol. The fourth-order valence-corrected chi connectivity index (χ4v) is 1.46. The molecule has 12 heteroatoms. The summed E-state index contributed by atoms with van der Waals surface area (Å²) in [4.78, 5) is 19.5. The normalized spacial score (nSPS) is 8.62. The van der Waals surface area contributed by atoms with Gasteiger partial charge in [0.15, 0.2) is 11.4 Å². The minimum absolute atomic E-state index is 0.0351. The summed E-state index contributed by atoms with van der Waals surface area (Å²) in [5.41, 5.74) is 12.1. The van der Waals surface area contributed by atoms with Crippen molar-refractivity contribution in [2.24, 2.45) is 11.5 Å². The summed E-state index contributed by atoms with van der Waals surface area (Å²) in [6.45, 7) is 0.607. The van der Waals surface area contributed by atoms with Gasteiger partial charge in [-0.3, -0.25) is 20.2 Å². The van der Waals surface area contributed by atoms with Crippen molar-refractivity contribution in [2.45, 2.75) is 13.1 Å². The zero-order chi connectivity index (χ0) is 20.5. The van der Waals surface area contributed by atoms with Gasteiger partial charge in [0.25, 0.3) is 0 Å². The van der Waals surface area contributed by atoms with Crippen LogP contribution in [0.2, 0.25) is 0 Å². The molecule has 0 aliphatic heterocycles. The quantitative estimate of drug-likeness (QED) is 0.221. The van der Waals surface area contributed by atoms with E-state index in [9.17, 15) is 20.2 Å². The first-order valence-electron chi connectivity index (χ1n) is 6.40. The molecule has 0 aliphatic carbocycles. The maximum absolute atomic E-state index is 10.2. The summed E-state index contributed by atoms with van der Waals surface area (Å²) in [5.74, 6) is 0. The third-order valence-corrected chi connectivity index (χ3v) is 2.56. The third-order valence-electron chi connectivity index (χ3n) is 2.56. The molecule has 26 heavy (non-hydrogen) atoms. The van der Waals surface area contributed by atoms with E-state index >= 15 is 0 Å². The van der Waals surface area contributed by atoms with Crippen LogP contribution in [0.25, 0.3) is 0 Å². The molecule has 0 atom stereocenters. The number of benzene rings is 2. The average Bonchev–Trinajstić information content (AvgIpc) is 2.71. The van der Waals surface area contributed by atoms with Crippen LogP contribution in [-0.4, -0.2) is 9.85 Å². The van der Waals surface area contributed by atoms with Crippen LogP contribution in [0.5, 0.6) is 0 Å². The van der Waals surface area contributed by atoms with Crippen LogP contribution in [-0.2, 0) is 47.5 Å². The van der Waals surface area contributed by atoms with Gasteiger partial charge in [-0.25, -0.2) is 0 Å². The van der Waals surface area contributed by atoms with Crippen molar-refractivity contribution in [1.29, 1.82) is 0 Å². The van der Waals surface area contributed by atoms with E-state index in [1.165, 1.54) is 24.3 Å². The summed E-state index contributed by atoms with van der Waals surface area (Å²) in [7, 11) is 0. The second-order valence-electron chi connectivity index (χ2n) is 4.12. The van der Waals surface area contributed by atoms with Crippen LogP contribution < -0.4 is 11.5 Å². The Bertz CT molecular complexity index is 623. The van der Waals surface area contributed by atoms with Crippen LogP contribution in [0.1, 0.15) is 11.1 Å². The Kier molecular flexibility index (Phi) is 19.0. The number of nitrogens with two attached hydrogens (primary N) is 2. The summed E-state index contributed by atoms with van der Waals surface area (Å²) in [5, 5.41) is 20.4. The van der Waals surface area contributed by atoms with Gasteiger partial charge >= 0.3 is 61.2 Å². The van der Waals surface area contributed by atoms with Crippen LogP contribution in [0.15, 0.2) is 36.4 Å². The zero-order valence-electron chi connectivity index (χ0n) is 12.9. The Labute approximate surface area is 185 Å². The summed E-state index contributed by atoms with van der Waals surface area (Å²) in [6, 6.07) is 14.1. The SMILES string of the molecule is NCc1c[c-]cc([N+](=O)[O-])c1.NCc1c[c-]cc([N+](=O)[O-])c1.[Br][Pd+].[Br][Pd+]. The number of nitrogens with zero attached hydrogens (tertiary/aromatic N) is 2. The molecule has 0 saturated carbocycles. The first-order valence-corrected chi connectivity index (χ1v) is 13.5. The van der Waals surface area contributed by atoms with Gasteiger partial charge in [-0.2, -0.15) is 24.3 Å². The molecule has 2 aromatic carbocycles. The fourth-order valence-electron chi connectivity index (χ4n) is 1.46. The van der Waals surface area contributed by atoms with Crippen molar-refractivity contribution in [2.75, 3.05) is 0 Å². The number of rotatable bonds is 4. The van der Waals surface area contributed by atoms with Gasteiger partial charge in [0, 0.05) is 9.85 Å². The third kappa shape index (κ3) is 11.9. The number of hydrogen-bond donors (Lipinski definition) is 2. The molecule has 4 N–H and O–H groups in total. The molecule has 148 valence electrons. The van der Waals surface area contributed by atoms with E-state index < -0.39 is 9.85 Å². The van der Waals surface area contributed by atoms with Crippen LogP contribution in [0.4, 0.5) is 11.4 Å². The monoisotopic (exact) mass is 672 g/mol. The number of non-ortho nitro benzene ring substituents is 2. The van der Waals surface area contributed by atoms with Crippen molar-refractivity contribution in [3.05, 3.63) is 79.9 Å². The van der Waals surface area contributed by atoms with E-state index in [4.69, 9.17) is 11.5 Å². The number of halogens is 2. The Morgan fingerprint density at radius 1 is 0.808 bits per heavy atom. The van der Waals surface area contributed by atoms with Gasteiger partial charge in [0.2, 0.25) is 0 Å². The van der Waals surface area contributed by atoms with Crippen molar-refractivity contribution in [3.63, 3.8) is 0 Å². The minimum atomic E-state index is -0.463. The second-order valence-corrected chi connectivity index (χ2v) is 4.12. The van der Waals surface area contributed by atoms with Crippen LogP contribution in [0.3, 0.4) is 0 Å². The van der Waals surface area contributed by atoms with Crippen molar-refractivity contribution in [1.82, 2.24) is 0 Å². The van der Waals surface area contributed by atoms with Crippen molar-refractivity contribution in [3.8, 4) is 0 Å². The molecule has 0 fully saturated rings. The summed E-state index contributed by atoms with van der Waals surface area (Å²) in [6.07, 6.45) is 0. The first-order chi connectivity index (χ1) is 12.5. The van der Waals surface area contributed by atoms with Gasteiger partial charge < -0.3 is 11.5 Å². The molecule has 0 aliphatic rings. The van der Waals surface area contributed by atoms with Gasteiger partial charge in [0.05, 0.1) is 0 Å². The van der Waals surface area contributed by atoms with E-state index in [1.807, 2.05) is 0 Å². The molecule has 0 radical (unpaired) electrons. The van der Waals surface area contributed by atoms with E-state index in [2.05, 4.69) is 73.4 Å². The van der Waals surface area contributed by atoms with Gasteiger partial charge in [-0.15, -0.1) is 23.3 Å². The molecular weight excluding hydrogens is 661 g/mol. The summed E-state index contributed by atoms with van der Waals surface area (Å²) < 4.78 is 0. The number of nitro benzene ring substituents is 2. The molecular formula is C14H14Br2N4O4Pd2. The molecule has 2 rings (SSSR count). The molecule has 0 amide bonds. The van der Waals surface area contributed by atoms with Crippen LogP contribution >= 0.6 is 26.9 Å². The van der Waals surface area contributed by atoms with E-state index in [0.717, 1.165) is 11.1 Å². The Hall–Kier alpha value is -0.555. The van der Waals surface area contributed by atoms with Gasteiger partial charge in [-0.1, -0.05) is 12.1 Å². The second kappa shape index (κ2) is 17.8. The van der Waals surface area contributed by atoms with Crippen LogP contribution in [0, 0.1) is 32.4 Å². The molecule has 0 aromatic heterocycles. The van der Waals surface area contributed by atoms with Crippen molar-refractivity contribution >= 4 is 38.2 Å². The zero-order valence-corrected chi connectivity index (χ0v) is 19.2. The Morgan fingerprint density at radius 2 is 1.12 bits per heavy atom. The Balaban J connectivity index is 0. The molecule has 0 saturated heterocycles. The topological polar surface area (TPSA) is 138 Å². The average molecular weight is 675 g/mol. The van der Waals surface area contributed by atoms with E-state index in [1.54, 1.807) is 12.1 Å². The molecule has 2 aromatic rings. The molecule has 0 unspecified atom stereocenters. The Morgan fingerprint density at radius 3 is 1.35 bits per heavy atom. The van der Waals surface area contributed by atoms with Gasteiger partial charge in [-0.05, 0) is 13.1 Å². The number of nitro groups is 2. The first kappa shape index (κ1) is 27.7. The molecule has 8 nitrogen and oxygen atoms in total. The van der Waals surface area contributed by atoms with Crippen molar-refractivity contribution < 1.29 is 44.2 Å². The maximum atomic E-state index is 10.2. The fraction of sp³-hybridized carbons (Fsp3) is 0.143. The predicted octanol–water partition coefficient (Wildman–Crippen LogP) is 3.39. The molecule has 0 bridgehead atoms. The number of hydrogen-bond acceptors (Lipinski definition) is 6. The summed E-state index contributed by atoms with van der Waals surface area (Å²) >= 11 is 10.7.